The van der Waals surface area contributed by atoms with Gasteiger partial charge in [-0.05, 0) is 29.8 Å². The molecule has 0 spiro atoms. The lowest BCUT2D eigenvalue weighted by atomic mass is 10.2. The van der Waals surface area contributed by atoms with E-state index in [0.29, 0.717) is 12.1 Å². The maximum atomic E-state index is 12.3. The Kier molecular flexibility index (Phi) is 6.35. The van der Waals surface area contributed by atoms with Crippen molar-refractivity contribution in [3.63, 3.8) is 0 Å². The van der Waals surface area contributed by atoms with Crippen LogP contribution < -0.4 is 15.8 Å². The second-order valence-electron chi connectivity index (χ2n) is 6.08. The maximum Gasteiger partial charge on any atom is 0.355 e. The van der Waals surface area contributed by atoms with Gasteiger partial charge in [-0.15, -0.1) is 0 Å². The Bertz CT molecular complexity index is 1010. The van der Waals surface area contributed by atoms with Gasteiger partial charge in [-0.3, -0.25) is 25.8 Å². The van der Waals surface area contributed by atoms with E-state index in [9.17, 15) is 14.9 Å². The molecule has 0 saturated heterocycles. The normalized spacial score (nSPS) is 10.3. The molecule has 10 heteroatoms. The summed E-state index contributed by atoms with van der Waals surface area (Å²) in [7, 11) is 1.70. The lowest BCUT2D eigenvalue weighted by Gasteiger charge is -2.19. The predicted octanol–water partition coefficient (Wildman–Crippen LogP) is 3.54. The molecule has 0 saturated carbocycles. The van der Waals surface area contributed by atoms with Gasteiger partial charge in [-0.2, -0.15) is 0 Å². The number of aromatic nitrogens is 2. The number of carbonyl (C=O) groups is 1. The molecule has 0 aliphatic rings. The number of anilines is 2. The minimum Gasteiger partial charge on any atom is -0.349 e. The van der Waals surface area contributed by atoms with Gasteiger partial charge in [0.15, 0.2) is 0 Å². The molecule has 0 aliphatic heterocycles. The Morgan fingerprint density at radius 2 is 1.83 bits per heavy atom. The third-order valence-corrected chi connectivity index (χ3v) is 4.54. The molecular weight excluding hydrogens is 440 g/mol. The van der Waals surface area contributed by atoms with Crippen molar-refractivity contribution >= 4 is 39.2 Å². The predicted molar refractivity (Wildman–Crippen MR) is 112 cm³/mol. The molecule has 148 valence electrons. The summed E-state index contributed by atoms with van der Waals surface area (Å²) in [4.78, 5) is 33.0. The van der Waals surface area contributed by atoms with Crippen molar-refractivity contribution in [3.05, 3.63) is 86.6 Å². The molecule has 0 aliphatic carbocycles. The first kappa shape index (κ1) is 20.2. The lowest BCUT2D eigenvalue weighted by Crippen LogP contribution is -2.30. The fourth-order valence-electron chi connectivity index (χ4n) is 2.63. The van der Waals surface area contributed by atoms with Crippen LogP contribution in [0.5, 0.6) is 0 Å². The van der Waals surface area contributed by atoms with Crippen LogP contribution in [0.4, 0.5) is 17.3 Å². The molecule has 1 heterocycles. The van der Waals surface area contributed by atoms with Crippen molar-refractivity contribution in [1.29, 1.82) is 0 Å². The Hall–Kier alpha value is -3.53. The van der Waals surface area contributed by atoms with Crippen LogP contribution in [0.15, 0.2) is 65.4 Å². The molecule has 2 N–H and O–H groups in total. The topological polar surface area (TPSA) is 113 Å². The number of amides is 1. The number of nitrogens with one attached hydrogen (secondary N) is 2. The van der Waals surface area contributed by atoms with E-state index in [0.717, 1.165) is 10.0 Å². The van der Waals surface area contributed by atoms with Crippen LogP contribution in [-0.2, 0) is 6.54 Å². The van der Waals surface area contributed by atoms with Gasteiger partial charge in [0.25, 0.3) is 5.91 Å². The number of hydrogen-bond donors (Lipinski definition) is 2. The van der Waals surface area contributed by atoms with Crippen LogP contribution in [-0.4, -0.2) is 27.8 Å². The Labute approximate surface area is 175 Å². The molecule has 3 aromatic rings. The monoisotopic (exact) mass is 456 g/mol. The molecule has 1 aromatic heterocycles. The molecule has 9 nitrogen and oxygen atoms in total. The minimum absolute atomic E-state index is 0.106. The summed E-state index contributed by atoms with van der Waals surface area (Å²) < 4.78 is 0.833. The zero-order chi connectivity index (χ0) is 20.8. The second-order valence-corrected chi connectivity index (χ2v) is 6.99. The molecule has 0 radical (unpaired) electrons. The highest BCUT2D eigenvalue weighted by Crippen LogP contribution is 2.31. The smallest absolute Gasteiger partial charge is 0.349 e. The van der Waals surface area contributed by atoms with E-state index < -0.39 is 10.8 Å². The number of rotatable bonds is 7. The van der Waals surface area contributed by atoms with E-state index >= 15 is 0 Å². The van der Waals surface area contributed by atoms with Crippen molar-refractivity contribution in [3.8, 4) is 0 Å². The first-order valence-electron chi connectivity index (χ1n) is 8.52. The quantitative estimate of drug-likeness (QED) is 0.412. The number of benzene rings is 2. The van der Waals surface area contributed by atoms with Crippen LogP contribution in [0.3, 0.4) is 0 Å². The zero-order valence-corrected chi connectivity index (χ0v) is 17.0. The van der Waals surface area contributed by atoms with Gasteiger partial charge in [0, 0.05) is 23.6 Å². The Morgan fingerprint density at radius 1 is 1.14 bits per heavy atom. The van der Waals surface area contributed by atoms with Gasteiger partial charge in [-0.1, -0.05) is 46.3 Å². The van der Waals surface area contributed by atoms with E-state index in [1.807, 2.05) is 30.3 Å². The molecule has 2 aromatic carbocycles. The molecule has 0 unspecified atom stereocenters. The van der Waals surface area contributed by atoms with E-state index in [2.05, 4.69) is 36.7 Å². The number of hydrazine groups is 1. The zero-order valence-electron chi connectivity index (χ0n) is 15.4. The van der Waals surface area contributed by atoms with Gasteiger partial charge in [0.05, 0.1) is 4.92 Å². The van der Waals surface area contributed by atoms with E-state index in [4.69, 9.17) is 0 Å². The maximum absolute atomic E-state index is 12.3. The molecule has 3 rings (SSSR count). The van der Waals surface area contributed by atoms with Gasteiger partial charge in [-0.25, -0.2) is 9.97 Å². The van der Waals surface area contributed by atoms with Crippen molar-refractivity contribution in [2.45, 2.75) is 6.54 Å². The number of nitrogens with zero attached hydrogens (tertiary/aromatic N) is 4. The lowest BCUT2D eigenvalue weighted by molar-refractivity contribution is -0.383. The van der Waals surface area contributed by atoms with Crippen molar-refractivity contribution in [2.24, 2.45) is 0 Å². The number of halogens is 1. The van der Waals surface area contributed by atoms with Crippen molar-refractivity contribution in [1.82, 2.24) is 15.4 Å². The molecule has 0 bridgehead atoms. The highest BCUT2D eigenvalue weighted by atomic mass is 79.9. The molecule has 1 amide bonds. The first-order chi connectivity index (χ1) is 14.0. The van der Waals surface area contributed by atoms with Gasteiger partial charge in [0.1, 0.15) is 6.33 Å². The summed E-state index contributed by atoms with van der Waals surface area (Å²) in [6, 6.07) is 16.2. The largest absolute Gasteiger partial charge is 0.355 e. The summed E-state index contributed by atoms with van der Waals surface area (Å²) in [5.41, 5.74) is 5.99. The average Bonchev–Trinajstić information content (AvgIpc) is 2.72. The summed E-state index contributed by atoms with van der Waals surface area (Å²) >= 11 is 3.30. The number of hydrogen-bond acceptors (Lipinski definition) is 7. The second kappa shape index (κ2) is 9.11. The third-order valence-electron chi connectivity index (χ3n) is 4.01. The molecule has 29 heavy (non-hydrogen) atoms. The highest BCUT2D eigenvalue weighted by Gasteiger charge is 2.26. The van der Waals surface area contributed by atoms with Crippen molar-refractivity contribution in [2.75, 3.05) is 17.4 Å². The Morgan fingerprint density at radius 3 is 2.48 bits per heavy atom. The van der Waals surface area contributed by atoms with Crippen LogP contribution in [0.25, 0.3) is 0 Å². The first-order valence-corrected chi connectivity index (χ1v) is 9.31. The minimum atomic E-state index is -0.578. The summed E-state index contributed by atoms with van der Waals surface area (Å²) in [6.45, 7) is 0.420. The summed E-state index contributed by atoms with van der Waals surface area (Å²) in [5.74, 6) is -0.427. The highest BCUT2D eigenvalue weighted by molar-refractivity contribution is 9.10. The van der Waals surface area contributed by atoms with Crippen LogP contribution >= 0.6 is 15.9 Å². The van der Waals surface area contributed by atoms with E-state index in [1.165, 1.54) is 6.33 Å². The third kappa shape index (κ3) is 5.05. The SMILES string of the molecule is CN(Cc1ccccc1)c1ncnc(NNC(=O)c2ccc(Br)cc2)c1[N+](=O)[O-]. The van der Waals surface area contributed by atoms with Crippen LogP contribution in [0.1, 0.15) is 15.9 Å². The summed E-state index contributed by atoms with van der Waals surface area (Å²) in [6.07, 6.45) is 1.21. The Balaban J connectivity index is 1.80. The fourth-order valence-corrected chi connectivity index (χ4v) is 2.89. The molecular formula is C19H17BrN6O3. The van der Waals surface area contributed by atoms with Crippen molar-refractivity contribution < 1.29 is 9.72 Å². The van der Waals surface area contributed by atoms with Crippen LogP contribution in [0, 0.1) is 10.1 Å². The molecule has 0 atom stereocenters. The number of carbonyl (C=O) groups excluding carboxylic acids is 1. The van der Waals surface area contributed by atoms with E-state index in [-0.39, 0.29) is 17.3 Å². The van der Waals surface area contributed by atoms with Gasteiger partial charge >= 0.3 is 5.69 Å². The van der Waals surface area contributed by atoms with Gasteiger partial charge < -0.3 is 4.90 Å². The van der Waals surface area contributed by atoms with Crippen LogP contribution in [0.2, 0.25) is 0 Å². The standard InChI is InChI=1S/C19H17BrN6O3/c1-25(11-13-5-3-2-4-6-13)18-16(26(28)29)17(21-12-22-18)23-24-19(27)14-7-9-15(20)10-8-14/h2-10,12H,11H2,1H3,(H,24,27)(H,21,22,23). The van der Waals surface area contributed by atoms with Gasteiger partial charge in [0.2, 0.25) is 11.6 Å². The number of nitro groups is 1. The fraction of sp³-hybridized carbons (Fsp3) is 0.105. The summed E-state index contributed by atoms with van der Waals surface area (Å²) in [5, 5.41) is 11.7. The van der Waals surface area contributed by atoms with E-state index in [1.54, 1.807) is 36.2 Å². The molecule has 0 fully saturated rings. The average molecular weight is 457 g/mol.